The molecule has 1 aliphatic heterocycles. The summed E-state index contributed by atoms with van der Waals surface area (Å²) in [6.45, 7) is 1.78. The summed E-state index contributed by atoms with van der Waals surface area (Å²) < 4.78 is 0.644. The Morgan fingerprint density at radius 1 is 1.35 bits per heavy atom. The van der Waals surface area contributed by atoms with Gasteiger partial charge in [0.15, 0.2) is 5.69 Å². The number of alkyl halides is 2. The van der Waals surface area contributed by atoms with E-state index in [-0.39, 0.29) is 42.1 Å². The van der Waals surface area contributed by atoms with Crippen LogP contribution in [0, 0.1) is 11.8 Å². The van der Waals surface area contributed by atoms with Crippen molar-refractivity contribution in [3.05, 3.63) is 24.2 Å². The van der Waals surface area contributed by atoms with E-state index in [0.29, 0.717) is 29.7 Å². The molecule has 0 spiro atoms. The van der Waals surface area contributed by atoms with Crippen LogP contribution in [0.15, 0.2) is 18.5 Å². The number of rotatable bonds is 6. The molecule has 5 rings (SSSR count). The monoisotopic (exact) mass is 464 g/mol. The zero-order valence-corrected chi connectivity index (χ0v) is 18.3. The maximum atomic E-state index is 13.2. The summed E-state index contributed by atoms with van der Waals surface area (Å²) in [7, 11) is 0. The molecule has 3 heterocycles. The molecule has 31 heavy (non-hydrogen) atoms. The summed E-state index contributed by atoms with van der Waals surface area (Å²) in [6.07, 6.45) is 5.25. The third-order valence-corrected chi connectivity index (χ3v) is 7.48. The number of carbonyl (C=O) groups excluding carboxylic acids is 3. The second kappa shape index (κ2) is 7.06. The number of fused-ring (bicyclic) bond motifs is 2. The van der Waals surface area contributed by atoms with Crippen molar-refractivity contribution in [2.24, 2.45) is 17.6 Å². The Kier molecular flexibility index (Phi) is 4.67. The van der Waals surface area contributed by atoms with E-state index >= 15 is 0 Å². The molecule has 3 amide bonds. The summed E-state index contributed by atoms with van der Waals surface area (Å²) in [5.41, 5.74) is 6.06. The predicted octanol–water partition coefficient (Wildman–Crippen LogP) is 1.22. The van der Waals surface area contributed by atoms with Gasteiger partial charge in [0, 0.05) is 29.6 Å². The molecule has 164 valence electrons. The van der Waals surface area contributed by atoms with E-state index in [1.54, 1.807) is 11.0 Å². The molecule has 11 heteroatoms. The number of pyridine rings is 1. The first kappa shape index (κ1) is 20.5. The Morgan fingerprint density at radius 3 is 2.77 bits per heavy atom. The number of nitrogens with one attached hydrogen (secondary N) is 1. The van der Waals surface area contributed by atoms with Gasteiger partial charge in [-0.2, -0.15) is 5.10 Å². The van der Waals surface area contributed by atoms with Gasteiger partial charge < -0.3 is 16.0 Å². The molecule has 9 nitrogen and oxygen atoms in total. The van der Waals surface area contributed by atoms with Crippen LogP contribution in [-0.4, -0.2) is 59.8 Å². The average molecular weight is 465 g/mol. The van der Waals surface area contributed by atoms with Gasteiger partial charge >= 0.3 is 0 Å². The van der Waals surface area contributed by atoms with E-state index in [1.807, 2.05) is 6.92 Å². The number of nitrogens with zero attached hydrogens (tertiary/aromatic N) is 4. The van der Waals surface area contributed by atoms with Gasteiger partial charge in [-0.25, -0.2) is 0 Å². The van der Waals surface area contributed by atoms with E-state index in [9.17, 15) is 14.4 Å². The van der Waals surface area contributed by atoms with Gasteiger partial charge in [0.1, 0.15) is 16.9 Å². The fourth-order valence-electron chi connectivity index (χ4n) is 4.78. The topological polar surface area (TPSA) is 123 Å². The first-order valence-corrected chi connectivity index (χ1v) is 11.0. The van der Waals surface area contributed by atoms with Gasteiger partial charge in [0.25, 0.3) is 5.91 Å². The standard InChI is InChI=1S/C20H22Cl2N6O3/c1-9(12-6-20(12,21)22)25-19(31)14-5-10-4-13(10)28(14)16(29)8-27-15-7-24-3-2-11(15)17(26-27)18(23)30/h2-3,7,9-10,12-14H,4-6,8H2,1H3,(H2,23,30)(H,25,31)/t9-,10?,12-,13-,14+/m1/s1. The lowest BCUT2D eigenvalue weighted by molar-refractivity contribution is -0.140. The number of halogens is 2. The van der Waals surface area contributed by atoms with Gasteiger partial charge in [-0.1, -0.05) is 0 Å². The Hall–Kier alpha value is -2.39. The fourth-order valence-corrected chi connectivity index (χ4v) is 5.49. The summed E-state index contributed by atoms with van der Waals surface area (Å²) in [4.78, 5) is 43.7. The molecule has 2 aliphatic carbocycles. The highest BCUT2D eigenvalue weighted by Gasteiger charge is 2.58. The number of hydrogen-bond acceptors (Lipinski definition) is 5. The van der Waals surface area contributed by atoms with Gasteiger partial charge in [-0.3, -0.25) is 24.0 Å². The minimum absolute atomic E-state index is 0.00929. The summed E-state index contributed by atoms with van der Waals surface area (Å²) in [5, 5.41) is 7.75. The van der Waals surface area contributed by atoms with Crippen molar-refractivity contribution in [2.45, 2.75) is 55.2 Å². The average Bonchev–Trinajstić information content (AvgIpc) is 3.52. The molecule has 3 aliphatic rings. The predicted molar refractivity (Wildman–Crippen MR) is 113 cm³/mol. The SMILES string of the molecule is C[C@@H](NC(=O)[C@@H]1CC2C[C@H]2N1C(=O)Cn1nc(C(N)=O)c2ccncc21)[C@H]1CC1(Cl)Cl. The number of likely N-dealkylation sites (tertiary alicyclic amines) is 1. The van der Waals surface area contributed by atoms with Crippen LogP contribution in [0.1, 0.15) is 36.7 Å². The Morgan fingerprint density at radius 2 is 2.10 bits per heavy atom. The summed E-state index contributed by atoms with van der Waals surface area (Å²) in [5.74, 6) is -0.735. The van der Waals surface area contributed by atoms with Crippen molar-refractivity contribution in [3.8, 4) is 0 Å². The summed E-state index contributed by atoms with van der Waals surface area (Å²) >= 11 is 12.2. The van der Waals surface area contributed by atoms with Crippen molar-refractivity contribution >= 4 is 51.8 Å². The minimum atomic E-state index is -0.784. The minimum Gasteiger partial charge on any atom is -0.364 e. The van der Waals surface area contributed by atoms with Crippen molar-refractivity contribution in [1.29, 1.82) is 0 Å². The maximum Gasteiger partial charge on any atom is 0.269 e. The zero-order valence-electron chi connectivity index (χ0n) is 16.8. The van der Waals surface area contributed by atoms with E-state index in [0.717, 1.165) is 6.42 Å². The number of primary amides is 1. The summed E-state index contributed by atoms with van der Waals surface area (Å²) in [6, 6.07) is 0.998. The Labute approximate surface area is 188 Å². The molecule has 2 aromatic heterocycles. The van der Waals surface area contributed by atoms with E-state index < -0.39 is 16.3 Å². The van der Waals surface area contributed by atoms with Gasteiger partial charge in [-0.05, 0) is 38.2 Å². The molecule has 0 aromatic carbocycles. The molecule has 2 saturated carbocycles. The van der Waals surface area contributed by atoms with E-state index in [4.69, 9.17) is 28.9 Å². The van der Waals surface area contributed by atoms with Crippen LogP contribution in [0.4, 0.5) is 0 Å². The van der Waals surface area contributed by atoms with Gasteiger partial charge in [0.2, 0.25) is 11.8 Å². The number of nitrogens with two attached hydrogens (primary N) is 1. The first-order valence-electron chi connectivity index (χ1n) is 10.3. The third kappa shape index (κ3) is 3.53. The highest BCUT2D eigenvalue weighted by atomic mass is 35.5. The Bertz CT molecular complexity index is 1100. The van der Waals surface area contributed by atoms with Crippen molar-refractivity contribution in [1.82, 2.24) is 25.0 Å². The number of amides is 3. The van der Waals surface area contributed by atoms with Crippen molar-refractivity contribution < 1.29 is 14.4 Å². The first-order chi connectivity index (χ1) is 14.7. The molecule has 3 N–H and O–H groups in total. The van der Waals surface area contributed by atoms with Gasteiger partial charge in [-0.15, -0.1) is 23.2 Å². The number of carbonyl (C=O) groups is 3. The molecule has 0 radical (unpaired) electrons. The number of piperidine rings is 1. The fraction of sp³-hybridized carbons (Fsp3) is 0.550. The van der Waals surface area contributed by atoms with Crippen LogP contribution in [0.5, 0.6) is 0 Å². The van der Waals surface area contributed by atoms with Crippen LogP contribution in [0.25, 0.3) is 10.9 Å². The molecule has 1 unspecified atom stereocenters. The van der Waals surface area contributed by atoms with Crippen LogP contribution >= 0.6 is 23.2 Å². The van der Waals surface area contributed by atoms with Crippen LogP contribution in [0.2, 0.25) is 0 Å². The van der Waals surface area contributed by atoms with Gasteiger partial charge in [0.05, 0.1) is 11.7 Å². The highest BCUT2D eigenvalue weighted by Crippen LogP contribution is 2.55. The molecule has 0 bridgehead atoms. The molecular formula is C20H22Cl2N6O3. The maximum absolute atomic E-state index is 13.2. The largest absolute Gasteiger partial charge is 0.364 e. The quantitative estimate of drug-likeness (QED) is 0.621. The second-order valence-corrected chi connectivity index (χ2v) is 10.3. The zero-order chi connectivity index (χ0) is 22.1. The van der Waals surface area contributed by atoms with Crippen LogP contribution in [0.3, 0.4) is 0 Å². The van der Waals surface area contributed by atoms with Crippen molar-refractivity contribution in [2.75, 3.05) is 0 Å². The lowest BCUT2D eigenvalue weighted by Crippen LogP contribution is -2.51. The Balaban J connectivity index is 1.33. The smallest absolute Gasteiger partial charge is 0.269 e. The van der Waals surface area contributed by atoms with Crippen LogP contribution < -0.4 is 11.1 Å². The van der Waals surface area contributed by atoms with Crippen molar-refractivity contribution in [3.63, 3.8) is 0 Å². The molecular weight excluding hydrogens is 443 g/mol. The number of hydrogen-bond donors (Lipinski definition) is 2. The lowest BCUT2D eigenvalue weighted by Gasteiger charge is -2.28. The van der Waals surface area contributed by atoms with E-state index in [1.165, 1.54) is 17.1 Å². The number of aromatic nitrogens is 3. The second-order valence-electron chi connectivity index (χ2n) is 8.75. The lowest BCUT2D eigenvalue weighted by atomic mass is 10.1. The molecule has 1 saturated heterocycles. The molecule has 5 atom stereocenters. The molecule has 2 aromatic rings. The van der Waals surface area contributed by atoms with Crippen LogP contribution in [-0.2, 0) is 16.1 Å². The molecule has 3 fully saturated rings. The van der Waals surface area contributed by atoms with E-state index in [2.05, 4.69) is 15.4 Å². The highest BCUT2D eigenvalue weighted by molar-refractivity contribution is 6.50. The normalized spacial score (nSPS) is 28.8. The third-order valence-electron chi connectivity index (χ3n) is 6.62.